The molecule has 2 aromatic heterocycles. The molecule has 5 nitrogen and oxygen atoms in total. The van der Waals surface area contributed by atoms with Crippen LogP contribution in [0.2, 0.25) is 0 Å². The Morgan fingerprint density at radius 1 is 1.38 bits per heavy atom. The molecule has 3 rings (SSSR count). The summed E-state index contributed by atoms with van der Waals surface area (Å²) >= 11 is 0. The summed E-state index contributed by atoms with van der Waals surface area (Å²) in [7, 11) is 2.12. The average Bonchev–Trinajstić information content (AvgIpc) is 2.84. The number of nitrogens with two attached hydrogens (primary N) is 1. The van der Waals surface area contributed by atoms with Gasteiger partial charge in [0.1, 0.15) is 5.82 Å². The van der Waals surface area contributed by atoms with Crippen LogP contribution in [-0.2, 0) is 0 Å². The van der Waals surface area contributed by atoms with E-state index in [-0.39, 0.29) is 0 Å². The summed E-state index contributed by atoms with van der Waals surface area (Å²) in [6, 6.07) is 6.07. The van der Waals surface area contributed by atoms with Crippen molar-refractivity contribution < 1.29 is 0 Å². The number of nitrogens with zero attached hydrogens (tertiary/aromatic N) is 4. The molecule has 0 saturated carbocycles. The Kier molecular flexibility index (Phi) is 2.07. The van der Waals surface area contributed by atoms with Crippen LogP contribution in [0.5, 0.6) is 0 Å². The lowest BCUT2D eigenvalue weighted by atomic mass is 10.2. The van der Waals surface area contributed by atoms with E-state index in [2.05, 4.69) is 22.1 Å². The molecule has 0 aromatic carbocycles. The number of anilines is 1. The van der Waals surface area contributed by atoms with Gasteiger partial charge in [0.15, 0.2) is 11.5 Å². The van der Waals surface area contributed by atoms with Crippen molar-refractivity contribution in [3.63, 3.8) is 0 Å². The molecular weight excluding hydrogens is 202 g/mol. The van der Waals surface area contributed by atoms with Gasteiger partial charge in [-0.3, -0.25) is 9.30 Å². The van der Waals surface area contributed by atoms with Crippen LogP contribution in [0, 0.1) is 0 Å². The fourth-order valence-corrected chi connectivity index (χ4v) is 2.44. The number of likely N-dealkylation sites (tertiary alicyclic amines) is 1. The first-order valence-electron chi connectivity index (χ1n) is 5.57. The van der Waals surface area contributed by atoms with Crippen molar-refractivity contribution in [2.45, 2.75) is 18.9 Å². The lowest BCUT2D eigenvalue weighted by Gasteiger charge is -2.17. The smallest absolute Gasteiger partial charge is 0.162 e. The van der Waals surface area contributed by atoms with Crippen molar-refractivity contribution in [3.05, 3.63) is 24.0 Å². The van der Waals surface area contributed by atoms with Crippen LogP contribution >= 0.6 is 0 Å². The first-order valence-corrected chi connectivity index (χ1v) is 5.57. The monoisotopic (exact) mass is 217 g/mol. The molecule has 5 heteroatoms. The van der Waals surface area contributed by atoms with Gasteiger partial charge in [0.25, 0.3) is 0 Å². The van der Waals surface area contributed by atoms with Gasteiger partial charge < -0.3 is 5.73 Å². The van der Waals surface area contributed by atoms with Crippen molar-refractivity contribution in [1.29, 1.82) is 0 Å². The van der Waals surface area contributed by atoms with Crippen molar-refractivity contribution in [1.82, 2.24) is 19.5 Å². The maximum atomic E-state index is 5.98. The third kappa shape index (κ3) is 1.28. The maximum absolute atomic E-state index is 5.98. The van der Waals surface area contributed by atoms with Crippen LogP contribution in [0.25, 0.3) is 5.65 Å². The first kappa shape index (κ1) is 9.59. The van der Waals surface area contributed by atoms with Crippen LogP contribution in [0.4, 0.5) is 5.82 Å². The zero-order valence-corrected chi connectivity index (χ0v) is 9.30. The highest BCUT2D eigenvalue weighted by molar-refractivity contribution is 5.48. The van der Waals surface area contributed by atoms with E-state index in [1.807, 2.05) is 22.6 Å². The maximum Gasteiger partial charge on any atom is 0.162 e. The van der Waals surface area contributed by atoms with E-state index in [9.17, 15) is 0 Å². The van der Waals surface area contributed by atoms with E-state index >= 15 is 0 Å². The Morgan fingerprint density at radius 3 is 3.00 bits per heavy atom. The number of hydrogen-bond acceptors (Lipinski definition) is 4. The van der Waals surface area contributed by atoms with E-state index in [4.69, 9.17) is 5.73 Å². The van der Waals surface area contributed by atoms with Gasteiger partial charge in [-0.05, 0) is 38.6 Å². The number of nitrogen functional groups attached to an aromatic ring is 1. The summed E-state index contributed by atoms with van der Waals surface area (Å²) in [5.74, 6) is 1.67. The molecule has 16 heavy (non-hydrogen) atoms. The van der Waals surface area contributed by atoms with Gasteiger partial charge in [-0.25, -0.2) is 0 Å². The lowest BCUT2D eigenvalue weighted by Crippen LogP contribution is -2.20. The van der Waals surface area contributed by atoms with E-state index in [0.717, 1.165) is 24.4 Å². The highest BCUT2D eigenvalue weighted by Gasteiger charge is 2.27. The number of hydrogen-bond donors (Lipinski definition) is 1. The van der Waals surface area contributed by atoms with E-state index in [1.54, 1.807) is 0 Å². The fraction of sp³-hybridized carbons (Fsp3) is 0.455. The Bertz CT molecular complexity index is 518. The molecule has 0 bridgehead atoms. The molecule has 0 aliphatic carbocycles. The summed E-state index contributed by atoms with van der Waals surface area (Å²) in [5.41, 5.74) is 6.81. The highest BCUT2D eigenvalue weighted by atomic mass is 15.3. The second-order valence-electron chi connectivity index (χ2n) is 4.34. The molecule has 1 saturated heterocycles. The predicted octanol–water partition coefficient (Wildman–Crippen LogP) is 1.08. The van der Waals surface area contributed by atoms with E-state index < -0.39 is 0 Å². The second kappa shape index (κ2) is 3.45. The van der Waals surface area contributed by atoms with Gasteiger partial charge in [-0.2, -0.15) is 0 Å². The summed E-state index contributed by atoms with van der Waals surface area (Å²) < 4.78 is 1.95. The Morgan fingerprint density at radius 2 is 2.25 bits per heavy atom. The molecule has 2 aromatic rings. The first-order chi connectivity index (χ1) is 7.77. The molecule has 3 heterocycles. The summed E-state index contributed by atoms with van der Waals surface area (Å²) in [5, 5.41) is 8.44. The summed E-state index contributed by atoms with van der Waals surface area (Å²) in [6.45, 7) is 1.12. The average molecular weight is 217 g/mol. The quantitative estimate of drug-likeness (QED) is 0.776. The number of aromatic nitrogens is 3. The van der Waals surface area contributed by atoms with E-state index in [1.165, 1.54) is 6.42 Å². The molecule has 1 unspecified atom stereocenters. The number of pyridine rings is 1. The predicted molar refractivity (Wildman–Crippen MR) is 62.0 cm³/mol. The van der Waals surface area contributed by atoms with Gasteiger partial charge in [-0.15, -0.1) is 10.2 Å². The molecule has 1 aliphatic heterocycles. The third-order valence-corrected chi connectivity index (χ3v) is 3.30. The molecule has 1 atom stereocenters. The topological polar surface area (TPSA) is 59.5 Å². The molecule has 1 aliphatic rings. The zero-order chi connectivity index (χ0) is 11.1. The van der Waals surface area contributed by atoms with Crippen molar-refractivity contribution in [2.75, 3.05) is 19.3 Å². The van der Waals surface area contributed by atoms with Crippen LogP contribution in [-0.4, -0.2) is 33.1 Å². The molecule has 0 radical (unpaired) electrons. The van der Waals surface area contributed by atoms with Gasteiger partial charge in [-0.1, -0.05) is 6.07 Å². The number of rotatable bonds is 1. The highest BCUT2D eigenvalue weighted by Crippen LogP contribution is 2.30. The zero-order valence-electron chi connectivity index (χ0n) is 9.30. The van der Waals surface area contributed by atoms with Crippen LogP contribution in [0.1, 0.15) is 24.7 Å². The van der Waals surface area contributed by atoms with Crippen molar-refractivity contribution >= 4 is 11.5 Å². The summed E-state index contributed by atoms with van der Waals surface area (Å²) in [6.07, 6.45) is 2.34. The SMILES string of the molecule is CN1CCCC1c1nnc2cccc(N)n12. The molecule has 2 N–H and O–H groups in total. The lowest BCUT2D eigenvalue weighted by molar-refractivity contribution is 0.304. The normalized spacial score (nSPS) is 21.9. The number of fused-ring (bicyclic) bond motifs is 1. The Hall–Kier alpha value is -1.62. The largest absolute Gasteiger partial charge is 0.385 e. The van der Waals surface area contributed by atoms with Gasteiger partial charge >= 0.3 is 0 Å². The third-order valence-electron chi connectivity index (χ3n) is 3.30. The van der Waals surface area contributed by atoms with Crippen LogP contribution < -0.4 is 5.73 Å². The van der Waals surface area contributed by atoms with Gasteiger partial charge in [0.2, 0.25) is 0 Å². The van der Waals surface area contributed by atoms with Gasteiger partial charge in [0, 0.05) is 0 Å². The Labute approximate surface area is 93.9 Å². The molecule has 0 spiro atoms. The van der Waals surface area contributed by atoms with Gasteiger partial charge in [0.05, 0.1) is 6.04 Å². The fourth-order valence-electron chi connectivity index (χ4n) is 2.44. The minimum atomic E-state index is 0.347. The van der Waals surface area contributed by atoms with Crippen molar-refractivity contribution in [3.8, 4) is 0 Å². The van der Waals surface area contributed by atoms with E-state index in [0.29, 0.717) is 11.9 Å². The standard InChI is InChI=1S/C11H15N5/c1-15-7-3-4-8(15)11-14-13-10-6-2-5-9(12)16(10)11/h2,5-6,8H,3-4,7,12H2,1H3. The van der Waals surface area contributed by atoms with Crippen LogP contribution in [0.15, 0.2) is 18.2 Å². The minimum absolute atomic E-state index is 0.347. The van der Waals surface area contributed by atoms with Crippen molar-refractivity contribution in [2.24, 2.45) is 0 Å². The Balaban J connectivity index is 2.16. The molecule has 84 valence electrons. The molecule has 1 fully saturated rings. The summed E-state index contributed by atoms with van der Waals surface area (Å²) in [4.78, 5) is 2.31. The minimum Gasteiger partial charge on any atom is -0.385 e. The van der Waals surface area contributed by atoms with Crippen LogP contribution in [0.3, 0.4) is 0 Å². The molecule has 0 amide bonds. The second-order valence-corrected chi connectivity index (χ2v) is 4.34. The molecular formula is C11H15N5.